The Morgan fingerprint density at radius 1 is 1.42 bits per heavy atom. The number of rotatable bonds is 4. The number of hydrogen-bond acceptors (Lipinski definition) is 4. The molecule has 102 valence electrons. The highest BCUT2D eigenvalue weighted by Gasteiger charge is 2.29. The molecule has 6 nitrogen and oxygen atoms in total. The minimum Gasteiger partial charge on any atom is -0.480 e. The number of carboxylic acid groups (broad SMARTS) is 1. The second-order valence-electron chi connectivity index (χ2n) is 4.58. The molecule has 1 aromatic rings. The highest BCUT2D eigenvalue weighted by atomic mass is 16.4. The van der Waals surface area contributed by atoms with Gasteiger partial charge in [-0.15, -0.1) is 0 Å². The van der Waals surface area contributed by atoms with Crippen molar-refractivity contribution in [2.45, 2.75) is 25.3 Å². The van der Waals surface area contributed by atoms with Crippen LogP contribution in [0.4, 0.5) is 5.82 Å². The molecule has 1 aromatic heterocycles. The fraction of sp³-hybridized carbons (Fsp3) is 0.462. The molecule has 2 N–H and O–H groups in total. The first kappa shape index (κ1) is 13.5. The first-order valence-electron chi connectivity index (χ1n) is 6.34. The van der Waals surface area contributed by atoms with Crippen molar-refractivity contribution in [1.82, 2.24) is 9.88 Å². The monoisotopic (exact) mass is 263 g/mol. The third-order valence-electron chi connectivity index (χ3n) is 3.18. The van der Waals surface area contributed by atoms with E-state index in [0.29, 0.717) is 18.8 Å². The first-order chi connectivity index (χ1) is 9.16. The number of carbonyl (C=O) groups is 2. The summed E-state index contributed by atoms with van der Waals surface area (Å²) in [4.78, 5) is 28.7. The van der Waals surface area contributed by atoms with Crippen molar-refractivity contribution < 1.29 is 14.7 Å². The van der Waals surface area contributed by atoms with E-state index >= 15 is 0 Å². The van der Waals surface area contributed by atoms with Gasteiger partial charge in [-0.05, 0) is 31.5 Å². The van der Waals surface area contributed by atoms with Crippen molar-refractivity contribution in [3.8, 4) is 0 Å². The molecule has 19 heavy (non-hydrogen) atoms. The van der Waals surface area contributed by atoms with Crippen LogP contribution in [0.2, 0.25) is 0 Å². The average Bonchev–Trinajstić information content (AvgIpc) is 2.40. The Kier molecular flexibility index (Phi) is 4.46. The number of piperidine rings is 1. The fourth-order valence-electron chi connectivity index (χ4n) is 2.26. The average molecular weight is 263 g/mol. The molecular formula is C13H17N3O3. The molecule has 0 radical (unpaired) electrons. The molecule has 2 heterocycles. The molecule has 1 aliphatic rings. The first-order valence-corrected chi connectivity index (χ1v) is 6.34. The van der Waals surface area contributed by atoms with Gasteiger partial charge in [-0.1, -0.05) is 12.5 Å². The van der Waals surface area contributed by atoms with Gasteiger partial charge in [0.1, 0.15) is 11.9 Å². The molecular weight excluding hydrogens is 246 g/mol. The van der Waals surface area contributed by atoms with E-state index in [1.165, 1.54) is 0 Å². The van der Waals surface area contributed by atoms with Crippen molar-refractivity contribution >= 4 is 17.7 Å². The highest BCUT2D eigenvalue weighted by Crippen LogP contribution is 2.16. The van der Waals surface area contributed by atoms with Crippen LogP contribution in [0.15, 0.2) is 24.4 Å². The molecule has 1 saturated heterocycles. The van der Waals surface area contributed by atoms with Gasteiger partial charge in [0.05, 0.1) is 6.54 Å². The fourth-order valence-corrected chi connectivity index (χ4v) is 2.26. The molecule has 0 saturated carbocycles. The molecule has 1 amide bonds. The zero-order valence-electron chi connectivity index (χ0n) is 10.6. The summed E-state index contributed by atoms with van der Waals surface area (Å²) in [5.74, 6) is -0.603. The second-order valence-corrected chi connectivity index (χ2v) is 4.58. The number of pyridine rings is 1. The summed E-state index contributed by atoms with van der Waals surface area (Å²) in [6.45, 7) is 0.736. The van der Waals surface area contributed by atoms with Gasteiger partial charge in [0, 0.05) is 6.20 Å². The lowest BCUT2D eigenvalue weighted by atomic mass is 10.0. The number of aliphatic carboxylic acids is 1. The Labute approximate surface area is 111 Å². The zero-order valence-corrected chi connectivity index (χ0v) is 10.6. The molecule has 0 spiro atoms. The topological polar surface area (TPSA) is 82.5 Å². The van der Waals surface area contributed by atoms with Crippen molar-refractivity contribution in [3.63, 3.8) is 0 Å². The summed E-state index contributed by atoms with van der Waals surface area (Å²) >= 11 is 0. The van der Waals surface area contributed by atoms with Crippen molar-refractivity contribution in [2.75, 3.05) is 18.4 Å². The maximum absolute atomic E-state index is 11.9. The SMILES string of the molecule is O=C(CN1CCCCC1C(=O)O)Nc1ccccn1. The number of amides is 1. The third-order valence-corrected chi connectivity index (χ3v) is 3.18. The van der Waals surface area contributed by atoms with Crippen LogP contribution in [0, 0.1) is 0 Å². The van der Waals surface area contributed by atoms with Crippen LogP contribution in [0.5, 0.6) is 0 Å². The quantitative estimate of drug-likeness (QED) is 0.845. The van der Waals surface area contributed by atoms with Crippen LogP contribution < -0.4 is 5.32 Å². The Balaban J connectivity index is 1.92. The van der Waals surface area contributed by atoms with E-state index < -0.39 is 12.0 Å². The van der Waals surface area contributed by atoms with Crippen LogP contribution in [-0.4, -0.2) is 46.0 Å². The maximum atomic E-state index is 11.9. The summed E-state index contributed by atoms with van der Waals surface area (Å²) < 4.78 is 0. The lowest BCUT2D eigenvalue weighted by Gasteiger charge is -2.32. The lowest BCUT2D eigenvalue weighted by Crippen LogP contribution is -2.47. The van der Waals surface area contributed by atoms with Gasteiger partial charge in [-0.3, -0.25) is 14.5 Å². The normalized spacial score (nSPS) is 19.9. The van der Waals surface area contributed by atoms with Gasteiger partial charge < -0.3 is 10.4 Å². The van der Waals surface area contributed by atoms with Gasteiger partial charge in [0.25, 0.3) is 0 Å². The Morgan fingerprint density at radius 3 is 2.95 bits per heavy atom. The van der Waals surface area contributed by atoms with E-state index in [2.05, 4.69) is 10.3 Å². The lowest BCUT2D eigenvalue weighted by molar-refractivity contribution is -0.145. The molecule has 1 unspecified atom stereocenters. The number of nitrogens with zero attached hydrogens (tertiary/aromatic N) is 2. The van der Waals surface area contributed by atoms with Crippen LogP contribution in [0.1, 0.15) is 19.3 Å². The number of carboxylic acids is 1. The van der Waals surface area contributed by atoms with Gasteiger partial charge >= 0.3 is 5.97 Å². The van der Waals surface area contributed by atoms with E-state index in [0.717, 1.165) is 12.8 Å². The van der Waals surface area contributed by atoms with Crippen molar-refractivity contribution in [3.05, 3.63) is 24.4 Å². The van der Waals surface area contributed by atoms with Crippen LogP contribution in [-0.2, 0) is 9.59 Å². The molecule has 2 rings (SSSR count). The number of nitrogens with one attached hydrogen (secondary N) is 1. The van der Waals surface area contributed by atoms with Gasteiger partial charge in [0.2, 0.25) is 5.91 Å². The molecule has 1 fully saturated rings. The summed E-state index contributed by atoms with van der Waals surface area (Å²) in [6, 6.07) is 4.69. The second kappa shape index (κ2) is 6.29. The Morgan fingerprint density at radius 2 is 2.26 bits per heavy atom. The number of aromatic nitrogens is 1. The number of carbonyl (C=O) groups excluding carboxylic acids is 1. The van der Waals surface area contributed by atoms with Crippen LogP contribution in [0.3, 0.4) is 0 Å². The number of anilines is 1. The summed E-state index contributed by atoms with van der Waals surface area (Å²) in [5.41, 5.74) is 0. The molecule has 0 bridgehead atoms. The van der Waals surface area contributed by atoms with Crippen molar-refractivity contribution in [1.29, 1.82) is 0 Å². The van der Waals surface area contributed by atoms with E-state index in [-0.39, 0.29) is 12.5 Å². The summed E-state index contributed by atoms with van der Waals surface area (Å²) in [6.07, 6.45) is 4.03. The number of likely N-dealkylation sites (tertiary alicyclic amines) is 1. The number of hydrogen-bond donors (Lipinski definition) is 2. The van der Waals surface area contributed by atoms with Crippen molar-refractivity contribution in [2.24, 2.45) is 0 Å². The minimum absolute atomic E-state index is 0.0908. The van der Waals surface area contributed by atoms with Crippen LogP contribution >= 0.6 is 0 Å². The van der Waals surface area contributed by atoms with E-state index in [9.17, 15) is 9.59 Å². The van der Waals surface area contributed by atoms with E-state index in [1.807, 2.05) is 0 Å². The summed E-state index contributed by atoms with van der Waals surface area (Å²) in [5, 5.41) is 11.8. The minimum atomic E-state index is -0.856. The molecule has 1 aliphatic heterocycles. The highest BCUT2D eigenvalue weighted by molar-refractivity contribution is 5.91. The molecule has 1 atom stereocenters. The van der Waals surface area contributed by atoms with Crippen LogP contribution in [0.25, 0.3) is 0 Å². The van der Waals surface area contributed by atoms with Gasteiger partial charge in [-0.25, -0.2) is 4.98 Å². The smallest absolute Gasteiger partial charge is 0.320 e. The third kappa shape index (κ3) is 3.75. The largest absolute Gasteiger partial charge is 0.480 e. The predicted molar refractivity (Wildman–Crippen MR) is 69.7 cm³/mol. The Bertz CT molecular complexity index is 450. The molecule has 6 heteroatoms. The van der Waals surface area contributed by atoms with Gasteiger partial charge in [0.15, 0.2) is 0 Å². The van der Waals surface area contributed by atoms with Gasteiger partial charge in [-0.2, -0.15) is 0 Å². The van der Waals surface area contributed by atoms with E-state index in [4.69, 9.17) is 5.11 Å². The predicted octanol–water partition coefficient (Wildman–Crippen LogP) is 0.959. The maximum Gasteiger partial charge on any atom is 0.320 e. The molecule has 0 aliphatic carbocycles. The van der Waals surface area contributed by atoms with E-state index in [1.54, 1.807) is 29.3 Å². The Hall–Kier alpha value is -1.95. The standard InChI is InChI=1S/C13H17N3O3/c17-12(15-11-6-1-3-7-14-11)9-16-8-4-2-5-10(16)13(18)19/h1,3,6-7,10H,2,4-5,8-9H2,(H,18,19)(H,14,15,17). The summed E-state index contributed by atoms with van der Waals surface area (Å²) in [7, 11) is 0. The molecule has 0 aromatic carbocycles. The zero-order chi connectivity index (χ0) is 13.7.